The van der Waals surface area contributed by atoms with Crippen LogP contribution in [-0.2, 0) is 4.79 Å². The van der Waals surface area contributed by atoms with E-state index in [2.05, 4.69) is 16.6 Å². The predicted octanol–water partition coefficient (Wildman–Crippen LogP) is 0.656. The highest BCUT2D eigenvalue weighted by Gasteiger charge is 2.20. The summed E-state index contributed by atoms with van der Waals surface area (Å²) in [7, 11) is 0. The molecule has 14 heavy (non-hydrogen) atoms. The fraction of sp³-hybridized carbons (Fsp3) is 0.727. The van der Waals surface area contributed by atoms with Crippen LogP contribution in [0.25, 0.3) is 0 Å². The van der Waals surface area contributed by atoms with Gasteiger partial charge in [-0.2, -0.15) is 0 Å². The van der Waals surface area contributed by atoms with Gasteiger partial charge in [0.2, 0.25) is 5.91 Å². The zero-order valence-corrected chi connectivity index (χ0v) is 8.68. The van der Waals surface area contributed by atoms with Crippen molar-refractivity contribution in [2.75, 3.05) is 6.54 Å². The van der Waals surface area contributed by atoms with Gasteiger partial charge in [0.15, 0.2) is 0 Å². The van der Waals surface area contributed by atoms with Crippen LogP contribution in [0.4, 0.5) is 0 Å². The summed E-state index contributed by atoms with van der Waals surface area (Å²) in [6, 6.07) is 0.910. The van der Waals surface area contributed by atoms with Crippen molar-refractivity contribution in [2.24, 2.45) is 0 Å². The average molecular weight is 194 g/mol. The third kappa shape index (κ3) is 3.80. The third-order valence-electron chi connectivity index (χ3n) is 2.63. The summed E-state index contributed by atoms with van der Waals surface area (Å²) in [5, 5.41) is 6.25. The van der Waals surface area contributed by atoms with Crippen LogP contribution in [-0.4, -0.2) is 24.5 Å². The van der Waals surface area contributed by atoms with E-state index in [1.54, 1.807) is 6.92 Å². The van der Waals surface area contributed by atoms with Crippen molar-refractivity contribution in [1.82, 2.24) is 10.6 Å². The summed E-state index contributed by atoms with van der Waals surface area (Å²) in [5.41, 5.74) is 0. The van der Waals surface area contributed by atoms with Crippen molar-refractivity contribution in [3.63, 3.8) is 0 Å². The maximum atomic E-state index is 10.8. The minimum Gasteiger partial charge on any atom is -0.354 e. The molecular weight excluding hydrogens is 176 g/mol. The van der Waals surface area contributed by atoms with Crippen molar-refractivity contribution < 1.29 is 4.79 Å². The van der Waals surface area contributed by atoms with Crippen molar-refractivity contribution in [3.05, 3.63) is 0 Å². The molecule has 1 fully saturated rings. The molecule has 2 N–H and O–H groups in total. The van der Waals surface area contributed by atoms with Crippen LogP contribution in [0.2, 0.25) is 0 Å². The van der Waals surface area contributed by atoms with Crippen LogP contribution in [0.3, 0.4) is 0 Å². The van der Waals surface area contributed by atoms with E-state index in [4.69, 9.17) is 6.42 Å². The maximum absolute atomic E-state index is 10.8. The molecule has 0 spiro atoms. The first-order chi connectivity index (χ1) is 6.72. The van der Waals surface area contributed by atoms with Crippen LogP contribution >= 0.6 is 0 Å². The Bertz CT molecular complexity index is 224. The molecule has 0 bridgehead atoms. The smallest absolute Gasteiger partial charge is 0.217 e. The molecule has 1 rings (SSSR count). The minimum atomic E-state index is 0.0741. The Morgan fingerprint density at radius 2 is 1.93 bits per heavy atom. The van der Waals surface area contributed by atoms with E-state index in [1.165, 1.54) is 0 Å². The summed E-state index contributed by atoms with van der Waals surface area (Å²) in [6.45, 7) is 2.22. The molecule has 0 atom stereocenters. The van der Waals surface area contributed by atoms with Crippen LogP contribution in [0, 0.1) is 12.3 Å². The van der Waals surface area contributed by atoms with Crippen LogP contribution in [0.15, 0.2) is 0 Å². The monoisotopic (exact) mass is 194 g/mol. The Balaban J connectivity index is 2.18. The molecule has 1 aliphatic carbocycles. The summed E-state index contributed by atoms with van der Waals surface area (Å²) in [6.07, 6.45) is 9.49. The molecule has 0 aliphatic heterocycles. The van der Waals surface area contributed by atoms with Crippen LogP contribution in [0.1, 0.15) is 32.6 Å². The molecule has 3 heteroatoms. The van der Waals surface area contributed by atoms with Gasteiger partial charge in [0.05, 0.1) is 6.54 Å². The molecule has 0 radical (unpaired) electrons. The number of carbonyl (C=O) groups is 1. The van der Waals surface area contributed by atoms with Gasteiger partial charge in [0, 0.05) is 19.0 Å². The fourth-order valence-corrected chi connectivity index (χ4v) is 1.93. The third-order valence-corrected chi connectivity index (χ3v) is 2.63. The second-order valence-electron chi connectivity index (χ2n) is 3.83. The number of rotatable bonds is 3. The average Bonchev–Trinajstić information content (AvgIpc) is 2.16. The van der Waals surface area contributed by atoms with E-state index in [9.17, 15) is 4.79 Å². The molecular formula is C11H18N2O. The Morgan fingerprint density at radius 1 is 1.36 bits per heavy atom. The summed E-state index contributed by atoms with van der Waals surface area (Å²) in [5.74, 6) is 2.65. The molecule has 0 aromatic rings. The first-order valence-electron chi connectivity index (χ1n) is 5.16. The Kier molecular flexibility index (Phi) is 4.48. The Labute approximate surface area is 85.6 Å². The van der Waals surface area contributed by atoms with Gasteiger partial charge in [-0.15, -0.1) is 6.42 Å². The topological polar surface area (TPSA) is 41.1 Å². The highest BCUT2D eigenvalue weighted by atomic mass is 16.1. The van der Waals surface area contributed by atoms with E-state index in [1.807, 2.05) is 0 Å². The lowest BCUT2D eigenvalue weighted by Crippen LogP contribution is -2.41. The number of terminal acetylenes is 1. The van der Waals surface area contributed by atoms with Crippen molar-refractivity contribution in [2.45, 2.75) is 44.7 Å². The SMILES string of the molecule is C#CCNC1CCC(NC(C)=O)CC1. The van der Waals surface area contributed by atoms with Crippen LogP contribution in [0.5, 0.6) is 0 Å². The molecule has 1 amide bonds. The van der Waals surface area contributed by atoms with E-state index in [0.29, 0.717) is 18.6 Å². The standard InChI is InChI=1S/C11H18N2O/c1-3-8-12-10-4-6-11(7-5-10)13-9(2)14/h1,10-12H,4-8H2,2H3,(H,13,14). The van der Waals surface area contributed by atoms with Gasteiger partial charge in [-0.3, -0.25) is 4.79 Å². The molecule has 0 aromatic carbocycles. The van der Waals surface area contributed by atoms with Gasteiger partial charge in [0.25, 0.3) is 0 Å². The molecule has 3 nitrogen and oxygen atoms in total. The molecule has 0 unspecified atom stereocenters. The van der Waals surface area contributed by atoms with Gasteiger partial charge in [-0.1, -0.05) is 5.92 Å². The number of amides is 1. The van der Waals surface area contributed by atoms with Gasteiger partial charge >= 0.3 is 0 Å². The molecule has 1 aliphatic rings. The minimum absolute atomic E-state index is 0.0741. The predicted molar refractivity (Wildman–Crippen MR) is 56.7 cm³/mol. The van der Waals surface area contributed by atoms with Gasteiger partial charge in [0.1, 0.15) is 0 Å². The Hall–Kier alpha value is -1.01. The molecule has 0 heterocycles. The number of carbonyl (C=O) groups excluding carboxylic acids is 1. The van der Waals surface area contributed by atoms with Gasteiger partial charge in [-0.05, 0) is 25.7 Å². The summed E-state index contributed by atoms with van der Waals surface area (Å²) in [4.78, 5) is 10.8. The first-order valence-corrected chi connectivity index (χ1v) is 5.16. The van der Waals surface area contributed by atoms with Crippen LogP contribution < -0.4 is 10.6 Å². The van der Waals surface area contributed by atoms with E-state index >= 15 is 0 Å². The summed E-state index contributed by atoms with van der Waals surface area (Å²) < 4.78 is 0. The second kappa shape index (κ2) is 5.66. The second-order valence-corrected chi connectivity index (χ2v) is 3.83. The fourth-order valence-electron chi connectivity index (χ4n) is 1.93. The van der Waals surface area contributed by atoms with Crippen molar-refractivity contribution >= 4 is 5.91 Å². The van der Waals surface area contributed by atoms with Gasteiger partial charge < -0.3 is 10.6 Å². The van der Waals surface area contributed by atoms with Gasteiger partial charge in [-0.25, -0.2) is 0 Å². The van der Waals surface area contributed by atoms with E-state index in [-0.39, 0.29) is 5.91 Å². The van der Waals surface area contributed by atoms with Crippen molar-refractivity contribution in [3.8, 4) is 12.3 Å². The van der Waals surface area contributed by atoms with E-state index in [0.717, 1.165) is 25.7 Å². The zero-order chi connectivity index (χ0) is 10.4. The Morgan fingerprint density at radius 3 is 2.43 bits per heavy atom. The molecule has 1 saturated carbocycles. The molecule has 78 valence electrons. The lowest BCUT2D eigenvalue weighted by atomic mass is 9.91. The summed E-state index contributed by atoms with van der Waals surface area (Å²) >= 11 is 0. The normalized spacial score (nSPS) is 26.6. The molecule has 0 saturated heterocycles. The lowest BCUT2D eigenvalue weighted by Gasteiger charge is -2.28. The quantitative estimate of drug-likeness (QED) is 0.648. The highest BCUT2D eigenvalue weighted by molar-refractivity contribution is 5.73. The number of hydrogen-bond acceptors (Lipinski definition) is 2. The van der Waals surface area contributed by atoms with E-state index < -0.39 is 0 Å². The number of hydrogen-bond donors (Lipinski definition) is 2. The highest BCUT2D eigenvalue weighted by Crippen LogP contribution is 2.18. The maximum Gasteiger partial charge on any atom is 0.217 e. The molecule has 0 aromatic heterocycles. The largest absolute Gasteiger partial charge is 0.354 e. The lowest BCUT2D eigenvalue weighted by molar-refractivity contribution is -0.119. The van der Waals surface area contributed by atoms with Crippen molar-refractivity contribution in [1.29, 1.82) is 0 Å². The first kappa shape index (κ1) is 11.1. The zero-order valence-electron chi connectivity index (χ0n) is 8.68. The number of nitrogens with one attached hydrogen (secondary N) is 2.